The SMILES string of the molecule is CCCCC(CC)COC(=O)CCSc1ncc2c(n1)c(-c1ccc(C(F)(F)F)nc1)cn2CC. The molecule has 3 aromatic rings. The summed E-state index contributed by atoms with van der Waals surface area (Å²) in [7, 11) is 0. The first-order valence-corrected chi connectivity index (χ1v) is 12.9. The highest BCUT2D eigenvalue weighted by molar-refractivity contribution is 7.99. The van der Waals surface area contributed by atoms with Crippen LogP contribution < -0.4 is 0 Å². The van der Waals surface area contributed by atoms with Gasteiger partial charge in [-0.05, 0) is 25.3 Å². The number of ether oxygens (including phenoxy) is 1. The van der Waals surface area contributed by atoms with E-state index in [1.165, 1.54) is 24.0 Å². The van der Waals surface area contributed by atoms with Crippen molar-refractivity contribution in [1.29, 1.82) is 0 Å². The Labute approximate surface area is 207 Å². The summed E-state index contributed by atoms with van der Waals surface area (Å²) in [6.07, 6.45) is 4.84. The summed E-state index contributed by atoms with van der Waals surface area (Å²) in [6.45, 7) is 7.34. The summed E-state index contributed by atoms with van der Waals surface area (Å²) < 4.78 is 46.1. The van der Waals surface area contributed by atoms with Gasteiger partial charge in [-0.1, -0.05) is 50.9 Å². The molecule has 1 atom stereocenters. The predicted octanol–water partition coefficient (Wildman–Crippen LogP) is 6.77. The van der Waals surface area contributed by atoms with Crippen LogP contribution in [-0.2, 0) is 22.3 Å². The Morgan fingerprint density at radius 3 is 2.60 bits per heavy atom. The average molecular weight is 509 g/mol. The molecular formula is C25H31F3N4O2S. The normalized spacial score (nSPS) is 12.7. The molecular weight excluding hydrogens is 477 g/mol. The molecule has 0 saturated carbocycles. The average Bonchev–Trinajstić information content (AvgIpc) is 3.22. The Kier molecular flexibility index (Phi) is 9.54. The van der Waals surface area contributed by atoms with E-state index in [4.69, 9.17) is 4.74 Å². The number of thioether (sulfide) groups is 1. The van der Waals surface area contributed by atoms with E-state index in [1.807, 2.05) is 17.7 Å². The topological polar surface area (TPSA) is 69.9 Å². The van der Waals surface area contributed by atoms with Crippen molar-refractivity contribution in [2.75, 3.05) is 12.4 Å². The second-order valence-corrected chi connectivity index (χ2v) is 9.41. The first-order valence-electron chi connectivity index (χ1n) is 11.9. The number of alkyl halides is 3. The van der Waals surface area contributed by atoms with Gasteiger partial charge in [0.2, 0.25) is 0 Å². The minimum absolute atomic E-state index is 0.234. The molecule has 3 heterocycles. The van der Waals surface area contributed by atoms with Gasteiger partial charge in [-0.2, -0.15) is 13.2 Å². The molecule has 6 nitrogen and oxygen atoms in total. The van der Waals surface area contributed by atoms with Crippen molar-refractivity contribution in [3.05, 3.63) is 36.4 Å². The van der Waals surface area contributed by atoms with E-state index in [1.54, 1.807) is 6.20 Å². The number of pyridine rings is 1. The Bertz CT molecular complexity index is 1120. The van der Waals surface area contributed by atoms with Crippen LogP contribution in [0.2, 0.25) is 0 Å². The maximum Gasteiger partial charge on any atom is 0.433 e. The molecule has 0 aliphatic rings. The van der Waals surface area contributed by atoms with E-state index in [2.05, 4.69) is 28.8 Å². The molecule has 35 heavy (non-hydrogen) atoms. The van der Waals surface area contributed by atoms with E-state index in [0.29, 0.717) is 46.6 Å². The van der Waals surface area contributed by atoms with Gasteiger partial charge in [0, 0.05) is 35.8 Å². The molecule has 0 aliphatic carbocycles. The van der Waals surface area contributed by atoms with Gasteiger partial charge in [0.15, 0.2) is 5.16 Å². The monoisotopic (exact) mass is 508 g/mol. The molecule has 0 amide bonds. The van der Waals surface area contributed by atoms with Crippen LogP contribution in [0.4, 0.5) is 13.2 Å². The number of carbonyl (C=O) groups excluding carboxylic acids is 1. The number of nitrogens with zero attached hydrogens (tertiary/aromatic N) is 4. The van der Waals surface area contributed by atoms with Crippen LogP contribution in [0, 0.1) is 5.92 Å². The maximum atomic E-state index is 12.9. The molecule has 0 bridgehead atoms. The zero-order valence-electron chi connectivity index (χ0n) is 20.3. The summed E-state index contributed by atoms with van der Waals surface area (Å²) >= 11 is 1.35. The lowest BCUT2D eigenvalue weighted by Crippen LogP contribution is -2.14. The Morgan fingerprint density at radius 2 is 1.97 bits per heavy atom. The number of aromatic nitrogens is 4. The Morgan fingerprint density at radius 1 is 1.17 bits per heavy atom. The van der Waals surface area contributed by atoms with Gasteiger partial charge >= 0.3 is 12.1 Å². The molecule has 0 spiro atoms. The van der Waals surface area contributed by atoms with Crippen molar-refractivity contribution in [1.82, 2.24) is 19.5 Å². The van der Waals surface area contributed by atoms with Gasteiger partial charge in [-0.25, -0.2) is 9.97 Å². The summed E-state index contributed by atoms with van der Waals surface area (Å²) in [4.78, 5) is 24.8. The minimum Gasteiger partial charge on any atom is -0.465 e. The van der Waals surface area contributed by atoms with Crippen molar-refractivity contribution in [3.63, 3.8) is 0 Å². The number of rotatable bonds is 12. The highest BCUT2D eigenvalue weighted by Gasteiger charge is 2.32. The van der Waals surface area contributed by atoms with Crippen LogP contribution in [0.3, 0.4) is 0 Å². The fraction of sp³-hybridized carbons (Fsp3) is 0.520. The second kappa shape index (κ2) is 12.4. The largest absolute Gasteiger partial charge is 0.465 e. The number of esters is 1. The van der Waals surface area contributed by atoms with Gasteiger partial charge < -0.3 is 9.30 Å². The fourth-order valence-electron chi connectivity index (χ4n) is 3.72. The fourth-order valence-corrected chi connectivity index (χ4v) is 4.46. The Hall–Kier alpha value is -2.62. The number of carbonyl (C=O) groups is 1. The molecule has 0 saturated heterocycles. The van der Waals surface area contributed by atoms with Crippen LogP contribution in [0.25, 0.3) is 22.2 Å². The zero-order valence-corrected chi connectivity index (χ0v) is 21.1. The van der Waals surface area contributed by atoms with Gasteiger partial charge in [-0.3, -0.25) is 9.78 Å². The van der Waals surface area contributed by atoms with Gasteiger partial charge in [-0.15, -0.1) is 0 Å². The van der Waals surface area contributed by atoms with E-state index in [9.17, 15) is 18.0 Å². The number of hydrogen-bond donors (Lipinski definition) is 0. The molecule has 0 fully saturated rings. The van der Waals surface area contributed by atoms with Crippen molar-refractivity contribution in [2.24, 2.45) is 5.92 Å². The number of unbranched alkanes of at least 4 members (excludes halogenated alkanes) is 1. The van der Waals surface area contributed by atoms with Crippen LogP contribution >= 0.6 is 11.8 Å². The molecule has 3 rings (SSSR count). The second-order valence-electron chi connectivity index (χ2n) is 8.34. The highest BCUT2D eigenvalue weighted by atomic mass is 32.2. The first kappa shape index (κ1) is 27.0. The molecule has 1 unspecified atom stereocenters. The quantitative estimate of drug-likeness (QED) is 0.153. The zero-order chi connectivity index (χ0) is 25.4. The predicted molar refractivity (Wildman–Crippen MR) is 131 cm³/mol. The van der Waals surface area contributed by atoms with E-state index >= 15 is 0 Å². The molecule has 10 heteroatoms. The number of halogens is 3. The lowest BCUT2D eigenvalue weighted by Gasteiger charge is -2.14. The highest BCUT2D eigenvalue weighted by Crippen LogP contribution is 2.33. The summed E-state index contributed by atoms with van der Waals surface area (Å²) in [5.41, 5.74) is 1.71. The first-order chi connectivity index (χ1) is 16.8. The maximum absolute atomic E-state index is 12.9. The van der Waals surface area contributed by atoms with Crippen LogP contribution in [0.5, 0.6) is 0 Å². The van der Waals surface area contributed by atoms with Crippen LogP contribution in [0.1, 0.15) is 58.6 Å². The molecule has 0 N–H and O–H groups in total. The number of fused-ring (bicyclic) bond motifs is 1. The summed E-state index contributed by atoms with van der Waals surface area (Å²) in [5.74, 6) is 0.641. The molecule has 0 aromatic carbocycles. The van der Waals surface area contributed by atoms with Crippen molar-refractivity contribution < 1.29 is 22.7 Å². The lowest BCUT2D eigenvalue weighted by molar-refractivity contribution is -0.144. The standard InChI is InChI=1S/C25H31F3N4O2S/c1-4-7-8-17(5-2)16-34-22(33)11-12-35-24-30-14-20-23(31-24)19(15-32(20)6-3)18-9-10-21(29-13-18)25(26,27)28/h9-10,13-15,17H,4-8,11-12,16H2,1-3H3. The number of aryl methyl sites for hydroxylation is 1. The van der Waals surface area contributed by atoms with E-state index in [0.717, 1.165) is 37.3 Å². The summed E-state index contributed by atoms with van der Waals surface area (Å²) in [5, 5.41) is 0.495. The van der Waals surface area contributed by atoms with Crippen LogP contribution in [0.15, 0.2) is 35.9 Å². The molecule has 0 radical (unpaired) electrons. The van der Waals surface area contributed by atoms with E-state index in [-0.39, 0.29) is 12.4 Å². The number of hydrogen-bond acceptors (Lipinski definition) is 6. The smallest absolute Gasteiger partial charge is 0.433 e. The lowest BCUT2D eigenvalue weighted by atomic mass is 10.0. The minimum atomic E-state index is -4.49. The third-order valence-electron chi connectivity index (χ3n) is 5.86. The van der Waals surface area contributed by atoms with Gasteiger partial charge in [0.05, 0.1) is 24.7 Å². The third-order valence-corrected chi connectivity index (χ3v) is 6.73. The molecule has 3 aromatic heterocycles. The summed E-state index contributed by atoms with van der Waals surface area (Å²) in [6, 6.07) is 2.37. The molecule has 0 aliphatic heterocycles. The van der Waals surface area contributed by atoms with Gasteiger partial charge in [0.25, 0.3) is 0 Å². The van der Waals surface area contributed by atoms with Crippen molar-refractivity contribution >= 4 is 28.8 Å². The third kappa shape index (κ3) is 7.19. The van der Waals surface area contributed by atoms with Crippen molar-refractivity contribution in [2.45, 2.75) is 70.8 Å². The van der Waals surface area contributed by atoms with Crippen LogP contribution in [-0.4, -0.2) is 37.8 Å². The van der Waals surface area contributed by atoms with E-state index < -0.39 is 11.9 Å². The van der Waals surface area contributed by atoms with Gasteiger partial charge in [0.1, 0.15) is 11.2 Å². The Balaban J connectivity index is 1.67. The van der Waals surface area contributed by atoms with Crippen molar-refractivity contribution in [3.8, 4) is 11.1 Å². The molecule has 190 valence electrons.